The van der Waals surface area contributed by atoms with Gasteiger partial charge in [-0.25, -0.2) is 9.78 Å². The summed E-state index contributed by atoms with van der Waals surface area (Å²) >= 11 is 0. The number of ether oxygens (including phenoxy) is 1. The minimum atomic E-state index is -0.441. The number of esters is 1. The Morgan fingerprint density at radius 3 is 2.73 bits per heavy atom. The number of carbonyl (C=O) groups is 1. The van der Waals surface area contributed by atoms with Crippen LogP contribution in [0.5, 0.6) is 0 Å². The van der Waals surface area contributed by atoms with Crippen LogP contribution in [0.3, 0.4) is 0 Å². The molecule has 0 spiro atoms. The van der Waals surface area contributed by atoms with Gasteiger partial charge in [0.05, 0.1) is 6.20 Å². The van der Waals surface area contributed by atoms with Crippen LogP contribution in [0.15, 0.2) is 18.6 Å². The molecular formula is C11H16N2O2. The maximum absolute atomic E-state index is 11.6. The maximum atomic E-state index is 11.6. The zero-order valence-electron chi connectivity index (χ0n) is 9.36. The van der Waals surface area contributed by atoms with E-state index in [0.717, 1.165) is 12.8 Å². The van der Waals surface area contributed by atoms with E-state index in [4.69, 9.17) is 4.74 Å². The van der Waals surface area contributed by atoms with E-state index in [1.54, 1.807) is 0 Å². The Labute approximate surface area is 89.7 Å². The lowest BCUT2D eigenvalue weighted by Gasteiger charge is -2.24. The number of nitrogens with zero attached hydrogens (tertiary/aromatic N) is 2. The van der Waals surface area contributed by atoms with E-state index >= 15 is 0 Å². The standard InChI is InChI=1S/C11H16N2O2/c1-4-5-11(2,3)15-10(14)9-8-12-6-7-13-9/h6-8H,4-5H2,1-3H3. The Bertz CT molecular complexity index is 323. The normalized spacial score (nSPS) is 11.1. The Hall–Kier alpha value is -1.45. The number of rotatable bonds is 4. The van der Waals surface area contributed by atoms with Crippen molar-refractivity contribution in [3.8, 4) is 0 Å². The molecular weight excluding hydrogens is 192 g/mol. The molecule has 1 heterocycles. The molecule has 0 saturated carbocycles. The molecule has 0 atom stereocenters. The van der Waals surface area contributed by atoms with Gasteiger partial charge in [-0.05, 0) is 20.3 Å². The zero-order valence-corrected chi connectivity index (χ0v) is 9.36. The van der Waals surface area contributed by atoms with Gasteiger partial charge in [-0.15, -0.1) is 0 Å². The van der Waals surface area contributed by atoms with Gasteiger partial charge in [0.25, 0.3) is 0 Å². The van der Waals surface area contributed by atoms with Gasteiger partial charge in [-0.3, -0.25) is 4.98 Å². The molecule has 0 N–H and O–H groups in total. The summed E-state index contributed by atoms with van der Waals surface area (Å²) < 4.78 is 5.32. The summed E-state index contributed by atoms with van der Waals surface area (Å²) in [5.74, 6) is -0.415. The molecule has 0 bridgehead atoms. The molecule has 82 valence electrons. The van der Waals surface area contributed by atoms with Gasteiger partial charge < -0.3 is 4.74 Å². The SMILES string of the molecule is CCCC(C)(C)OC(=O)c1cnccn1. The van der Waals surface area contributed by atoms with Crippen LogP contribution in [-0.2, 0) is 4.74 Å². The third kappa shape index (κ3) is 3.65. The molecule has 0 saturated heterocycles. The predicted octanol–water partition coefficient (Wildman–Crippen LogP) is 2.21. The van der Waals surface area contributed by atoms with Crippen molar-refractivity contribution in [3.63, 3.8) is 0 Å². The fraction of sp³-hybridized carbons (Fsp3) is 0.545. The van der Waals surface area contributed by atoms with E-state index in [1.165, 1.54) is 18.6 Å². The van der Waals surface area contributed by atoms with Gasteiger partial charge in [0, 0.05) is 12.4 Å². The molecule has 4 heteroatoms. The molecule has 0 aliphatic carbocycles. The molecule has 0 amide bonds. The fourth-order valence-electron chi connectivity index (χ4n) is 1.36. The first-order valence-electron chi connectivity index (χ1n) is 5.04. The van der Waals surface area contributed by atoms with Gasteiger partial charge >= 0.3 is 5.97 Å². The highest BCUT2D eigenvalue weighted by atomic mass is 16.6. The average molecular weight is 208 g/mol. The van der Waals surface area contributed by atoms with E-state index in [-0.39, 0.29) is 5.69 Å². The van der Waals surface area contributed by atoms with E-state index in [1.807, 2.05) is 13.8 Å². The van der Waals surface area contributed by atoms with Gasteiger partial charge in [0.2, 0.25) is 0 Å². The quantitative estimate of drug-likeness (QED) is 0.712. The molecule has 0 aliphatic rings. The maximum Gasteiger partial charge on any atom is 0.359 e. The van der Waals surface area contributed by atoms with Crippen LogP contribution in [-0.4, -0.2) is 21.5 Å². The fourth-order valence-corrected chi connectivity index (χ4v) is 1.36. The molecule has 0 radical (unpaired) electrons. The van der Waals surface area contributed by atoms with Crippen molar-refractivity contribution in [1.82, 2.24) is 9.97 Å². The third-order valence-electron chi connectivity index (χ3n) is 1.99. The predicted molar refractivity (Wildman–Crippen MR) is 56.4 cm³/mol. The monoisotopic (exact) mass is 208 g/mol. The van der Waals surface area contributed by atoms with Crippen LogP contribution in [0.4, 0.5) is 0 Å². The van der Waals surface area contributed by atoms with Crippen molar-refractivity contribution in [2.45, 2.75) is 39.2 Å². The molecule has 0 fully saturated rings. The number of hydrogen-bond acceptors (Lipinski definition) is 4. The Morgan fingerprint density at radius 1 is 1.47 bits per heavy atom. The molecule has 1 rings (SSSR count). The van der Waals surface area contributed by atoms with E-state index in [0.29, 0.717) is 0 Å². The summed E-state index contributed by atoms with van der Waals surface area (Å²) in [7, 11) is 0. The Balaban J connectivity index is 2.64. The number of aromatic nitrogens is 2. The lowest BCUT2D eigenvalue weighted by Crippen LogP contribution is -2.28. The van der Waals surface area contributed by atoms with E-state index in [9.17, 15) is 4.79 Å². The van der Waals surface area contributed by atoms with Gasteiger partial charge in [0.15, 0.2) is 5.69 Å². The molecule has 1 aromatic rings. The second-order valence-electron chi connectivity index (χ2n) is 3.99. The topological polar surface area (TPSA) is 52.1 Å². The van der Waals surface area contributed by atoms with Crippen LogP contribution in [0, 0.1) is 0 Å². The molecule has 0 unspecified atom stereocenters. The van der Waals surface area contributed by atoms with Crippen LogP contribution in [0.2, 0.25) is 0 Å². The van der Waals surface area contributed by atoms with Crippen LogP contribution in [0.25, 0.3) is 0 Å². The first kappa shape index (κ1) is 11.6. The summed E-state index contributed by atoms with van der Waals surface area (Å²) in [6, 6.07) is 0. The minimum absolute atomic E-state index is 0.252. The highest BCUT2D eigenvalue weighted by Crippen LogP contribution is 2.17. The van der Waals surface area contributed by atoms with Crippen molar-refractivity contribution in [2.75, 3.05) is 0 Å². The molecule has 0 aliphatic heterocycles. The summed E-state index contributed by atoms with van der Waals surface area (Å²) in [5, 5.41) is 0. The summed E-state index contributed by atoms with van der Waals surface area (Å²) in [4.78, 5) is 19.3. The third-order valence-corrected chi connectivity index (χ3v) is 1.99. The second-order valence-corrected chi connectivity index (χ2v) is 3.99. The Morgan fingerprint density at radius 2 is 2.20 bits per heavy atom. The summed E-state index contributed by atoms with van der Waals surface area (Å²) in [5.41, 5.74) is -0.190. The molecule has 4 nitrogen and oxygen atoms in total. The van der Waals surface area contributed by atoms with Gasteiger partial charge in [-0.2, -0.15) is 0 Å². The van der Waals surface area contributed by atoms with Crippen LogP contribution in [0.1, 0.15) is 44.1 Å². The first-order valence-corrected chi connectivity index (χ1v) is 5.04. The van der Waals surface area contributed by atoms with E-state index in [2.05, 4.69) is 16.9 Å². The lowest BCUT2D eigenvalue weighted by molar-refractivity contribution is -0.00540. The summed E-state index contributed by atoms with van der Waals surface area (Å²) in [6.07, 6.45) is 6.21. The molecule has 15 heavy (non-hydrogen) atoms. The molecule has 1 aromatic heterocycles. The van der Waals surface area contributed by atoms with Crippen LogP contribution < -0.4 is 0 Å². The highest BCUT2D eigenvalue weighted by molar-refractivity contribution is 5.87. The van der Waals surface area contributed by atoms with Gasteiger partial charge in [-0.1, -0.05) is 13.3 Å². The van der Waals surface area contributed by atoms with Crippen molar-refractivity contribution in [1.29, 1.82) is 0 Å². The largest absolute Gasteiger partial charge is 0.455 e. The van der Waals surface area contributed by atoms with Crippen LogP contribution >= 0.6 is 0 Å². The van der Waals surface area contributed by atoms with E-state index < -0.39 is 11.6 Å². The average Bonchev–Trinajstić information content (AvgIpc) is 2.18. The smallest absolute Gasteiger partial charge is 0.359 e. The van der Waals surface area contributed by atoms with Crippen molar-refractivity contribution in [2.24, 2.45) is 0 Å². The first-order chi connectivity index (χ1) is 7.05. The van der Waals surface area contributed by atoms with Crippen molar-refractivity contribution in [3.05, 3.63) is 24.3 Å². The Kier molecular flexibility index (Phi) is 3.77. The number of hydrogen-bond donors (Lipinski definition) is 0. The van der Waals surface area contributed by atoms with Crippen molar-refractivity contribution < 1.29 is 9.53 Å². The summed E-state index contributed by atoms with van der Waals surface area (Å²) in [6.45, 7) is 5.84. The van der Waals surface area contributed by atoms with Crippen molar-refractivity contribution >= 4 is 5.97 Å². The zero-order chi connectivity index (χ0) is 11.3. The number of carbonyl (C=O) groups excluding carboxylic acids is 1. The highest BCUT2D eigenvalue weighted by Gasteiger charge is 2.23. The second kappa shape index (κ2) is 4.87. The minimum Gasteiger partial charge on any atom is -0.455 e. The lowest BCUT2D eigenvalue weighted by atomic mass is 10.0. The van der Waals surface area contributed by atoms with Gasteiger partial charge in [0.1, 0.15) is 5.60 Å². The molecule has 0 aromatic carbocycles.